The van der Waals surface area contributed by atoms with Crippen molar-refractivity contribution in [2.75, 3.05) is 5.43 Å². The molecule has 0 bridgehead atoms. The third-order valence-electron chi connectivity index (χ3n) is 2.59. The van der Waals surface area contributed by atoms with Crippen LogP contribution in [0.1, 0.15) is 26.5 Å². The van der Waals surface area contributed by atoms with E-state index < -0.39 is 0 Å². The lowest BCUT2D eigenvalue weighted by atomic mass is 9.90. The number of nitrogens with one attached hydrogen (secondary N) is 1. The van der Waals surface area contributed by atoms with E-state index >= 15 is 0 Å². The number of hydrazine groups is 1. The van der Waals surface area contributed by atoms with Crippen molar-refractivity contribution < 1.29 is 0 Å². The molecule has 0 saturated heterocycles. The molecule has 2 aromatic rings. The van der Waals surface area contributed by atoms with Crippen LogP contribution >= 0.6 is 0 Å². The fourth-order valence-corrected chi connectivity index (χ4v) is 1.82. The monoisotopic (exact) mass is 219 g/mol. The van der Waals surface area contributed by atoms with Crippen molar-refractivity contribution in [2.24, 2.45) is 12.9 Å². The van der Waals surface area contributed by atoms with Crippen LogP contribution < -0.4 is 11.3 Å². The lowest BCUT2D eigenvalue weighted by molar-refractivity contribution is 0.558. The SMILES string of the molecule is Cn1nc(C(C)(C)C)c2c(NN)ccnc21. The van der Waals surface area contributed by atoms with Gasteiger partial charge < -0.3 is 5.43 Å². The first-order chi connectivity index (χ1) is 7.45. The van der Waals surface area contributed by atoms with Gasteiger partial charge >= 0.3 is 0 Å². The highest BCUT2D eigenvalue weighted by Gasteiger charge is 2.23. The van der Waals surface area contributed by atoms with Gasteiger partial charge in [-0.15, -0.1) is 0 Å². The maximum atomic E-state index is 5.52. The summed E-state index contributed by atoms with van der Waals surface area (Å²) in [5.74, 6) is 5.52. The maximum Gasteiger partial charge on any atom is 0.159 e. The molecule has 0 spiro atoms. The van der Waals surface area contributed by atoms with Gasteiger partial charge in [-0.3, -0.25) is 10.5 Å². The van der Waals surface area contributed by atoms with Crippen molar-refractivity contribution >= 4 is 16.7 Å². The summed E-state index contributed by atoms with van der Waals surface area (Å²) < 4.78 is 1.79. The Bertz CT molecular complexity index is 521. The predicted octanol–water partition coefficient (Wildman–Crippen LogP) is 1.55. The standard InChI is InChI=1S/C11H17N5/c1-11(2,3)9-8-7(14-12)5-6-13-10(8)16(4)15-9/h5-6H,12H2,1-4H3,(H,13,14). The quantitative estimate of drug-likeness (QED) is 0.564. The summed E-state index contributed by atoms with van der Waals surface area (Å²) in [7, 11) is 1.89. The molecule has 86 valence electrons. The second-order valence-corrected chi connectivity index (χ2v) is 4.92. The van der Waals surface area contributed by atoms with Crippen LogP contribution in [0.3, 0.4) is 0 Å². The molecule has 0 unspecified atom stereocenters. The van der Waals surface area contributed by atoms with Crippen molar-refractivity contribution in [1.29, 1.82) is 0 Å². The highest BCUT2D eigenvalue weighted by atomic mass is 15.3. The molecule has 0 fully saturated rings. The Labute approximate surface area is 94.6 Å². The summed E-state index contributed by atoms with van der Waals surface area (Å²) in [5, 5.41) is 5.53. The average Bonchev–Trinajstić information content (AvgIpc) is 2.56. The minimum Gasteiger partial charge on any atom is -0.323 e. The zero-order valence-electron chi connectivity index (χ0n) is 10.1. The highest BCUT2D eigenvalue weighted by molar-refractivity contribution is 5.92. The van der Waals surface area contributed by atoms with E-state index in [-0.39, 0.29) is 5.41 Å². The molecular formula is C11H17N5. The van der Waals surface area contributed by atoms with Gasteiger partial charge in [-0.05, 0) is 6.07 Å². The Hall–Kier alpha value is -1.62. The lowest BCUT2D eigenvalue weighted by Gasteiger charge is -2.16. The van der Waals surface area contributed by atoms with Crippen LogP contribution in [0.4, 0.5) is 5.69 Å². The number of rotatable bonds is 1. The molecule has 5 nitrogen and oxygen atoms in total. The van der Waals surface area contributed by atoms with E-state index in [4.69, 9.17) is 5.84 Å². The molecular weight excluding hydrogens is 202 g/mol. The van der Waals surface area contributed by atoms with E-state index in [0.29, 0.717) is 0 Å². The third-order valence-corrected chi connectivity index (χ3v) is 2.59. The van der Waals surface area contributed by atoms with Crippen LogP contribution in [0.15, 0.2) is 12.3 Å². The summed E-state index contributed by atoms with van der Waals surface area (Å²) in [5.41, 5.74) is 5.39. The van der Waals surface area contributed by atoms with Crippen molar-refractivity contribution in [3.05, 3.63) is 18.0 Å². The van der Waals surface area contributed by atoms with Gasteiger partial charge in [0, 0.05) is 18.7 Å². The molecule has 5 heteroatoms. The van der Waals surface area contributed by atoms with Crippen LogP contribution in [0.25, 0.3) is 11.0 Å². The van der Waals surface area contributed by atoms with E-state index in [0.717, 1.165) is 22.4 Å². The Morgan fingerprint density at radius 1 is 1.38 bits per heavy atom. The highest BCUT2D eigenvalue weighted by Crippen LogP contribution is 2.32. The summed E-state index contributed by atoms with van der Waals surface area (Å²) in [4.78, 5) is 4.33. The van der Waals surface area contributed by atoms with Crippen LogP contribution in [0.2, 0.25) is 0 Å². The molecule has 0 aromatic carbocycles. The number of fused-ring (bicyclic) bond motifs is 1. The van der Waals surface area contributed by atoms with Gasteiger partial charge in [0.25, 0.3) is 0 Å². The number of nitrogen functional groups attached to an aromatic ring is 1. The first-order valence-electron chi connectivity index (χ1n) is 5.24. The van der Waals surface area contributed by atoms with Gasteiger partial charge in [0.05, 0.1) is 16.8 Å². The summed E-state index contributed by atoms with van der Waals surface area (Å²) in [6.45, 7) is 6.38. The number of aromatic nitrogens is 3. The molecule has 2 aromatic heterocycles. The second kappa shape index (κ2) is 3.45. The summed E-state index contributed by atoms with van der Waals surface area (Å²) in [6.07, 6.45) is 1.73. The average molecular weight is 219 g/mol. The van der Waals surface area contributed by atoms with Crippen molar-refractivity contribution in [2.45, 2.75) is 26.2 Å². The molecule has 2 heterocycles. The van der Waals surface area contributed by atoms with E-state index in [1.807, 2.05) is 13.1 Å². The molecule has 0 aliphatic heterocycles. The van der Waals surface area contributed by atoms with Gasteiger partial charge in [-0.1, -0.05) is 20.8 Å². The van der Waals surface area contributed by atoms with Crippen molar-refractivity contribution in [3.63, 3.8) is 0 Å². The van der Waals surface area contributed by atoms with E-state index in [1.54, 1.807) is 10.9 Å². The van der Waals surface area contributed by atoms with Gasteiger partial charge in [0.15, 0.2) is 5.65 Å². The normalized spacial score (nSPS) is 12.1. The number of nitrogens with two attached hydrogens (primary N) is 1. The van der Waals surface area contributed by atoms with E-state index in [1.165, 1.54) is 0 Å². The molecule has 0 atom stereocenters. The number of nitrogens with zero attached hydrogens (tertiary/aromatic N) is 3. The fraction of sp³-hybridized carbons (Fsp3) is 0.455. The van der Waals surface area contributed by atoms with Crippen molar-refractivity contribution in [3.8, 4) is 0 Å². The number of hydrogen-bond donors (Lipinski definition) is 2. The number of aryl methyl sites for hydroxylation is 1. The Morgan fingerprint density at radius 3 is 2.62 bits per heavy atom. The maximum absolute atomic E-state index is 5.52. The van der Waals surface area contributed by atoms with Crippen LogP contribution in [-0.2, 0) is 12.5 Å². The van der Waals surface area contributed by atoms with Gasteiger partial charge in [0.2, 0.25) is 0 Å². The Morgan fingerprint density at radius 2 is 2.06 bits per heavy atom. The van der Waals surface area contributed by atoms with Gasteiger partial charge in [-0.25, -0.2) is 4.98 Å². The minimum atomic E-state index is -0.0336. The van der Waals surface area contributed by atoms with Crippen LogP contribution in [-0.4, -0.2) is 14.8 Å². The molecule has 3 N–H and O–H groups in total. The molecule has 2 rings (SSSR count). The second-order valence-electron chi connectivity index (χ2n) is 4.92. The zero-order valence-corrected chi connectivity index (χ0v) is 10.1. The summed E-state index contributed by atoms with van der Waals surface area (Å²) >= 11 is 0. The van der Waals surface area contributed by atoms with E-state index in [2.05, 4.69) is 36.3 Å². The van der Waals surface area contributed by atoms with Gasteiger partial charge in [0.1, 0.15) is 0 Å². The number of hydrogen-bond acceptors (Lipinski definition) is 4. The molecule has 0 aliphatic rings. The van der Waals surface area contributed by atoms with Gasteiger partial charge in [-0.2, -0.15) is 5.10 Å². The zero-order chi connectivity index (χ0) is 11.9. The molecule has 0 aliphatic carbocycles. The van der Waals surface area contributed by atoms with Crippen LogP contribution in [0.5, 0.6) is 0 Å². The first-order valence-corrected chi connectivity index (χ1v) is 5.24. The first kappa shape index (κ1) is 10.9. The minimum absolute atomic E-state index is 0.0336. The Kier molecular flexibility index (Phi) is 2.35. The Balaban J connectivity index is 2.85. The topological polar surface area (TPSA) is 68.8 Å². The fourth-order valence-electron chi connectivity index (χ4n) is 1.82. The number of anilines is 1. The summed E-state index contributed by atoms with van der Waals surface area (Å²) in [6, 6.07) is 1.86. The smallest absolute Gasteiger partial charge is 0.159 e. The third kappa shape index (κ3) is 1.53. The molecule has 0 amide bonds. The molecule has 0 saturated carbocycles. The molecule has 0 radical (unpaired) electrons. The molecule has 16 heavy (non-hydrogen) atoms. The predicted molar refractivity (Wildman–Crippen MR) is 65.0 cm³/mol. The van der Waals surface area contributed by atoms with Crippen molar-refractivity contribution in [1.82, 2.24) is 14.8 Å². The van der Waals surface area contributed by atoms with E-state index in [9.17, 15) is 0 Å². The largest absolute Gasteiger partial charge is 0.323 e. The lowest BCUT2D eigenvalue weighted by Crippen LogP contribution is -2.14. The number of pyridine rings is 1. The van der Waals surface area contributed by atoms with Crippen LogP contribution in [0, 0.1) is 0 Å².